The molecule has 1 fully saturated rings. The van der Waals surface area contributed by atoms with Gasteiger partial charge >= 0.3 is 0 Å². The van der Waals surface area contributed by atoms with E-state index in [9.17, 15) is 0 Å². The Morgan fingerprint density at radius 2 is 1.86 bits per heavy atom. The molecule has 0 spiro atoms. The highest BCUT2D eigenvalue weighted by Crippen LogP contribution is 2.40. The van der Waals surface area contributed by atoms with Crippen LogP contribution < -0.4 is 5.32 Å². The molecule has 0 saturated heterocycles. The van der Waals surface area contributed by atoms with Gasteiger partial charge in [-0.05, 0) is 58.2 Å². The molecule has 2 nitrogen and oxygen atoms in total. The summed E-state index contributed by atoms with van der Waals surface area (Å²) in [4.78, 5) is 2.55. The summed E-state index contributed by atoms with van der Waals surface area (Å²) in [6, 6.07) is 0.653. The Morgan fingerprint density at radius 3 is 2.33 bits per heavy atom. The van der Waals surface area contributed by atoms with Crippen molar-refractivity contribution in [3.63, 3.8) is 0 Å². The largest absolute Gasteiger partial charge is 0.312 e. The first-order valence-corrected chi connectivity index (χ1v) is 9.40. The molecule has 1 rings (SSSR count). The number of nitrogens with zero attached hydrogens (tertiary/aromatic N) is 1. The minimum Gasteiger partial charge on any atom is -0.312 e. The Labute approximate surface area is 134 Å². The molecule has 0 aromatic carbocycles. The average Bonchev–Trinajstić information content (AvgIpc) is 2.47. The Hall–Kier alpha value is -0.0800. The van der Waals surface area contributed by atoms with Crippen molar-refractivity contribution < 1.29 is 0 Å². The Kier molecular flexibility index (Phi) is 8.26. The second kappa shape index (κ2) is 9.15. The van der Waals surface area contributed by atoms with Gasteiger partial charge in [-0.2, -0.15) is 0 Å². The minimum absolute atomic E-state index is 0.370. The summed E-state index contributed by atoms with van der Waals surface area (Å²) in [5, 5.41) is 3.94. The van der Waals surface area contributed by atoms with E-state index in [1.165, 1.54) is 51.4 Å². The van der Waals surface area contributed by atoms with Crippen LogP contribution in [-0.2, 0) is 0 Å². The van der Waals surface area contributed by atoms with E-state index in [1.54, 1.807) is 0 Å². The van der Waals surface area contributed by atoms with Crippen LogP contribution in [-0.4, -0.2) is 37.1 Å². The fourth-order valence-electron chi connectivity index (χ4n) is 4.37. The van der Waals surface area contributed by atoms with Crippen LogP contribution in [0.1, 0.15) is 79.1 Å². The highest BCUT2D eigenvalue weighted by molar-refractivity contribution is 5.02. The van der Waals surface area contributed by atoms with E-state index in [1.807, 2.05) is 0 Å². The monoisotopic (exact) mass is 296 g/mol. The molecule has 2 heteroatoms. The van der Waals surface area contributed by atoms with Crippen LogP contribution in [0.3, 0.4) is 0 Å². The summed E-state index contributed by atoms with van der Waals surface area (Å²) in [5.74, 6) is 1.74. The van der Waals surface area contributed by atoms with Gasteiger partial charge in [-0.3, -0.25) is 0 Å². The number of rotatable bonds is 9. The van der Waals surface area contributed by atoms with Gasteiger partial charge in [-0.1, -0.05) is 53.4 Å². The fraction of sp³-hybridized carbons (Fsp3) is 1.00. The fourth-order valence-corrected chi connectivity index (χ4v) is 4.37. The van der Waals surface area contributed by atoms with E-state index in [0.29, 0.717) is 11.6 Å². The molecule has 0 radical (unpaired) electrons. The van der Waals surface area contributed by atoms with Gasteiger partial charge in [-0.15, -0.1) is 0 Å². The molecule has 1 aliphatic rings. The molecule has 126 valence electrons. The van der Waals surface area contributed by atoms with Crippen LogP contribution in [0.4, 0.5) is 0 Å². The molecule has 1 saturated carbocycles. The zero-order chi connectivity index (χ0) is 15.9. The van der Waals surface area contributed by atoms with E-state index >= 15 is 0 Å². The first-order valence-electron chi connectivity index (χ1n) is 9.40. The molecule has 1 N–H and O–H groups in total. The van der Waals surface area contributed by atoms with Crippen molar-refractivity contribution in [2.75, 3.05) is 20.6 Å². The molecular formula is C19H40N2. The predicted molar refractivity (Wildman–Crippen MR) is 94.8 cm³/mol. The summed E-state index contributed by atoms with van der Waals surface area (Å²) in [7, 11) is 4.62. The summed E-state index contributed by atoms with van der Waals surface area (Å²) in [6.45, 7) is 10.6. The standard InChI is InChI=1S/C19H40N2/c1-7-13-20-18(14-17(8-2)9-3)19(21(5)6)12-10-11-16(4)15-19/h16-18,20H,7-15H2,1-6H3. The summed E-state index contributed by atoms with van der Waals surface area (Å²) >= 11 is 0. The number of hydrogen-bond acceptors (Lipinski definition) is 2. The van der Waals surface area contributed by atoms with E-state index in [2.05, 4.69) is 52.0 Å². The lowest BCUT2D eigenvalue weighted by molar-refractivity contribution is 0.0280. The van der Waals surface area contributed by atoms with Crippen LogP contribution in [0.15, 0.2) is 0 Å². The van der Waals surface area contributed by atoms with Gasteiger partial charge in [0, 0.05) is 11.6 Å². The maximum Gasteiger partial charge on any atom is 0.0359 e. The normalized spacial score (nSPS) is 28.3. The van der Waals surface area contributed by atoms with Gasteiger partial charge < -0.3 is 10.2 Å². The van der Waals surface area contributed by atoms with E-state index in [4.69, 9.17) is 0 Å². The van der Waals surface area contributed by atoms with Crippen LogP contribution in [0.2, 0.25) is 0 Å². The van der Waals surface area contributed by atoms with Crippen molar-refractivity contribution in [2.24, 2.45) is 11.8 Å². The summed E-state index contributed by atoms with van der Waals surface area (Å²) in [5.41, 5.74) is 0.370. The van der Waals surface area contributed by atoms with Crippen molar-refractivity contribution >= 4 is 0 Å². The van der Waals surface area contributed by atoms with E-state index in [0.717, 1.165) is 18.4 Å². The lowest BCUT2D eigenvalue weighted by Gasteiger charge is -2.51. The van der Waals surface area contributed by atoms with Crippen LogP contribution >= 0.6 is 0 Å². The smallest absolute Gasteiger partial charge is 0.0359 e. The topological polar surface area (TPSA) is 15.3 Å². The second-order valence-electron chi connectivity index (χ2n) is 7.62. The third-order valence-electron chi connectivity index (χ3n) is 5.91. The highest BCUT2D eigenvalue weighted by Gasteiger charge is 2.43. The first kappa shape index (κ1) is 19.0. The minimum atomic E-state index is 0.370. The van der Waals surface area contributed by atoms with Crippen LogP contribution in [0.25, 0.3) is 0 Å². The Bertz CT molecular complexity index is 273. The first-order chi connectivity index (χ1) is 10.00. The van der Waals surface area contributed by atoms with Gasteiger partial charge in [-0.25, -0.2) is 0 Å². The molecule has 0 aromatic rings. The number of likely N-dealkylation sites (N-methyl/N-ethyl adjacent to an activating group) is 1. The predicted octanol–water partition coefficient (Wildman–Crippen LogP) is 4.69. The maximum atomic E-state index is 3.94. The molecule has 1 aliphatic carbocycles. The quantitative estimate of drug-likeness (QED) is 0.664. The van der Waals surface area contributed by atoms with Crippen molar-refractivity contribution in [2.45, 2.75) is 90.6 Å². The zero-order valence-electron chi connectivity index (χ0n) is 15.5. The Morgan fingerprint density at radius 1 is 1.19 bits per heavy atom. The molecule has 0 bridgehead atoms. The second-order valence-corrected chi connectivity index (χ2v) is 7.62. The third-order valence-corrected chi connectivity index (χ3v) is 5.91. The SMILES string of the molecule is CCCNC(CC(CC)CC)C1(N(C)C)CCCC(C)C1. The highest BCUT2D eigenvalue weighted by atomic mass is 15.2. The molecular weight excluding hydrogens is 256 g/mol. The van der Waals surface area contributed by atoms with Crippen molar-refractivity contribution in [1.82, 2.24) is 10.2 Å². The summed E-state index contributed by atoms with van der Waals surface area (Å²) in [6.07, 6.45) is 10.8. The molecule has 0 amide bonds. The molecule has 3 unspecified atom stereocenters. The molecule has 21 heavy (non-hydrogen) atoms. The van der Waals surface area contributed by atoms with Gasteiger partial charge in [0.25, 0.3) is 0 Å². The van der Waals surface area contributed by atoms with Gasteiger partial charge in [0.2, 0.25) is 0 Å². The molecule has 0 heterocycles. The van der Waals surface area contributed by atoms with Crippen molar-refractivity contribution in [3.8, 4) is 0 Å². The molecule has 0 aromatic heterocycles. The average molecular weight is 297 g/mol. The number of hydrogen-bond donors (Lipinski definition) is 1. The van der Waals surface area contributed by atoms with Crippen molar-refractivity contribution in [3.05, 3.63) is 0 Å². The maximum absolute atomic E-state index is 3.94. The van der Waals surface area contributed by atoms with Gasteiger partial charge in [0.1, 0.15) is 0 Å². The van der Waals surface area contributed by atoms with Gasteiger partial charge in [0.05, 0.1) is 0 Å². The van der Waals surface area contributed by atoms with Gasteiger partial charge in [0.15, 0.2) is 0 Å². The lowest BCUT2D eigenvalue weighted by atomic mass is 9.69. The van der Waals surface area contributed by atoms with Crippen LogP contribution in [0, 0.1) is 11.8 Å². The molecule has 3 atom stereocenters. The van der Waals surface area contributed by atoms with E-state index < -0.39 is 0 Å². The number of nitrogens with one attached hydrogen (secondary N) is 1. The third kappa shape index (κ3) is 4.96. The summed E-state index contributed by atoms with van der Waals surface area (Å²) < 4.78 is 0. The molecule has 0 aliphatic heterocycles. The Balaban J connectivity index is 2.93. The van der Waals surface area contributed by atoms with E-state index in [-0.39, 0.29) is 0 Å². The van der Waals surface area contributed by atoms with Crippen molar-refractivity contribution in [1.29, 1.82) is 0 Å². The zero-order valence-corrected chi connectivity index (χ0v) is 15.5. The lowest BCUT2D eigenvalue weighted by Crippen LogP contribution is -2.61. The van der Waals surface area contributed by atoms with Crippen LogP contribution in [0.5, 0.6) is 0 Å².